The average molecular weight is 931 g/mol. The van der Waals surface area contributed by atoms with E-state index in [4.69, 9.17) is 34.2 Å². The molecule has 3 fully saturated rings. The summed E-state index contributed by atoms with van der Waals surface area (Å²) in [7, 11) is 6.43. The lowest BCUT2D eigenvalue weighted by Gasteiger charge is -2.43. The highest BCUT2D eigenvalue weighted by Gasteiger charge is 2.53. The predicted molar refractivity (Wildman–Crippen MR) is 250 cm³/mol. The molecular formula is C51H82N2O13. The Labute approximate surface area is 393 Å². The highest BCUT2D eigenvalue weighted by atomic mass is 16.6. The number of methoxy groups -OCH3 is 4. The topological polar surface area (TPSA) is 214 Å². The van der Waals surface area contributed by atoms with Crippen molar-refractivity contribution in [1.82, 2.24) is 4.90 Å². The Morgan fingerprint density at radius 2 is 1.48 bits per heavy atom. The lowest BCUT2D eigenvalue weighted by Crippen LogP contribution is -2.61. The standard InChI is InChI=1S/C51H82N2O13/c1-30-16-12-11-13-17-31(2)41(62-8)28-37-21-19-35(6)51(60,66-37)48(57)49(58)53-23-15-14-18-39(53)50(59)65-43(38(52)26-36-20-22-40(61-7)44(27-36)64-10)29-42(63-9)32(3)25-34(5)46(55)47(56)45(54)33(4)24-30/h11-13,16-17,25,30,32-33,35-44,46-47,55-56,60H,14-15,18-24,26-29,52H2,1-10H3/b13-11?,16-12+,31-17?,34-25+/t30-,32-,33-,35-,36+,37+,38-,39+,40-,41+,42-,43+,44-,46-,47+,51-/m1/s1. The van der Waals surface area contributed by atoms with Crippen molar-refractivity contribution in [1.29, 1.82) is 0 Å². The second-order valence-corrected chi connectivity index (χ2v) is 19.7. The van der Waals surface area contributed by atoms with Crippen LogP contribution in [0.4, 0.5) is 0 Å². The third-order valence-corrected chi connectivity index (χ3v) is 14.7. The molecule has 0 aromatic heterocycles. The van der Waals surface area contributed by atoms with Crippen LogP contribution >= 0.6 is 0 Å². The highest BCUT2D eigenvalue weighted by molar-refractivity contribution is 6.39. The Kier molecular flexibility index (Phi) is 21.9. The summed E-state index contributed by atoms with van der Waals surface area (Å²) in [5.74, 6) is -7.27. The minimum Gasteiger partial charge on any atom is -0.459 e. The first kappa shape index (κ1) is 55.5. The number of nitrogens with zero attached hydrogens (tertiary/aromatic N) is 1. The summed E-state index contributed by atoms with van der Waals surface area (Å²) >= 11 is 0. The third kappa shape index (κ3) is 14.5. The molecule has 1 saturated carbocycles. The van der Waals surface area contributed by atoms with Gasteiger partial charge in [-0.25, -0.2) is 4.79 Å². The molecule has 0 aromatic carbocycles. The van der Waals surface area contributed by atoms with Crippen LogP contribution in [0.25, 0.3) is 0 Å². The SMILES string of the molecule is CO[C@H]1C[C@@H]2CC[C@@H](C)[C@@](O)(O2)C(=O)C(=O)N2CCCC[C@H]2C(=O)O[C@H]([C@H](N)C[C@@H]2CC[C@@H](OC)[C@H](OC)C2)C[C@@H](OC)[C@H](C)/C=C(\C)[C@@H](O)[C@@H](O)C(=O)[C@H](C)C[C@H](C)/C=C/C=CC=C1C. The van der Waals surface area contributed by atoms with E-state index in [1.165, 1.54) is 12.0 Å². The van der Waals surface area contributed by atoms with Crippen LogP contribution in [0, 0.1) is 29.6 Å². The number of carbonyl (C=O) groups excluding carboxylic acids is 4. The fourth-order valence-corrected chi connectivity index (χ4v) is 10.4. The van der Waals surface area contributed by atoms with E-state index < -0.39 is 95.7 Å². The fraction of sp³-hybridized carbons (Fsp3) is 0.765. The minimum atomic E-state index is -2.42. The number of piperidine rings is 1. The van der Waals surface area contributed by atoms with Crippen molar-refractivity contribution in [2.24, 2.45) is 35.3 Å². The van der Waals surface area contributed by atoms with Gasteiger partial charge in [-0.05, 0) is 101 Å². The Balaban J connectivity index is 1.71. The molecule has 4 aliphatic rings. The van der Waals surface area contributed by atoms with E-state index in [1.54, 1.807) is 48.2 Å². The number of amides is 1. The number of cyclic esters (lactones) is 1. The van der Waals surface area contributed by atoms with Crippen molar-refractivity contribution in [2.75, 3.05) is 35.0 Å². The van der Waals surface area contributed by atoms with Crippen molar-refractivity contribution < 1.29 is 62.9 Å². The van der Waals surface area contributed by atoms with E-state index in [0.717, 1.165) is 18.4 Å². The number of hydrogen-bond donors (Lipinski definition) is 4. The average Bonchev–Trinajstić information content (AvgIpc) is 3.30. The van der Waals surface area contributed by atoms with Gasteiger partial charge in [0.1, 0.15) is 24.4 Å². The number of ether oxygens (including phenoxy) is 6. The summed E-state index contributed by atoms with van der Waals surface area (Å²) in [6.45, 7) is 10.9. The molecule has 0 aromatic rings. The van der Waals surface area contributed by atoms with Gasteiger partial charge >= 0.3 is 5.97 Å². The molecule has 66 heavy (non-hydrogen) atoms. The van der Waals surface area contributed by atoms with Crippen LogP contribution in [0.5, 0.6) is 0 Å². The smallest absolute Gasteiger partial charge is 0.329 e. The lowest BCUT2D eigenvalue weighted by atomic mass is 9.80. The summed E-state index contributed by atoms with van der Waals surface area (Å²) < 4.78 is 35.8. The molecule has 0 spiro atoms. The quantitative estimate of drug-likeness (QED) is 0.145. The maximum Gasteiger partial charge on any atom is 0.329 e. The number of carbonyl (C=O) groups is 4. The van der Waals surface area contributed by atoms with Crippen LogP contribution in [0.15, 0.2) is 47.6 Å². The van der Waals surface area contributed by atoms with Crippen LogP contribution in [0.3, 0.4) is 0 Å². The fourth-order valence-electron chi connectivity index (χ4n) is 10.4. The third-order valence-electron chi connectivity index (χ3n) is 14.7. The molecule has 3 heterocycles. The summed E-state index contributed by atoms with van der Waals surface area (Å²) in [4.78, 5) is 57.7. The summed E-state index contributed by atoms with van der Waals surface area (Å²) in [6.07, 6.45) is 11.4. The molecule has 0 radical (unpaired) electrons. The Morgan fingerprint density at radius 3 is 2.15 bits per heavy atom. The molecule has 3 aliphatic heterocycles. The minimum absolute atomic E-state index is 0.0138. The van der Waals surface area contributed by atoms with Gasteiger partial charge in [-0.3, -0.25) is 14.4 Å². The van der Waals surface area contributed by atoms with E-state index in [-0.39, 0.29) is 43.4 Å². The zero-order valence-corrected chi connectivity index (χ0v) is 41.3. The summed E-state index contributed by atoms with van der Waals surface area (Å²) in [6, 6.07) is -1.80. The number of aliphatic hydroxyl groups is 3. The van der Waals surface area contributed by atoms with Gasteiger partial charge < -0.3 is 54.4 Å². The molecule has 1 amide bonds. The van der Waals surface area contributed by atoms with Gasteiger partial charge in [0.05, 0.1) is 30.5 Å². The number of aliphatic hydroxyl groups excluding tert-OH is 2. The van der Waals surface area contributed by atoms with Crippen LogP contribution in [-0.2, 0) is 47.6 Å². The monoisotopic (exact) mass is 931 g/mol. The van der Waals surface area contributed by atoms with Gasteiger partial charge in [-0.2, -0.15) is 0 Å². The molecule has 15 heteroatoms. The van der Waals surface area contributed by atoms with Crippen LogP contribution in [0.2, 0.25) is 0 Å². The first-order valence-electron chi connectivity index (χ1n) is 24.2. The maximum atomic E-state index is 14.5. The van der Waals surface area contributed by atoms with E-state index in [0.29, 0.717) is 56.9 Å². The van der Waals surface area contributed by atoms with E-state index in [1.807, 2.05) is 51.2 Å². The molecule has 5 N–H and O–H groups in total. The zero-order chi connectivity index (χ0) is 48.9. The second kappa shape index (κ2) is 26.0. The molecule has 15 nitrogen and oxygen atoms in total. The summed E-state index contributed by atoms with van der Waals surface area (Å²) in [5.41, 5.74) is 8.27. The Hall–Kier alpha value is -3.12. The number of rotatable bonds is 7. The number of Topliss-reactive ketones (excluding diaryl/α,β-unsaturated/α-hetero) is 2. The normalized spacial score (nSPS) is 39.8. The number of ketones is 2. The first-order chi connectivity index (χ1) is 31.3. The Morgan fingerprint density at radius 1 is 0.788 bits per heavy atom. The van der Waals surface area contributed by atoms with Crippen LogP contribution in [-0.4, -0.2) is 145 Å². The van der Waals surface area contributed by atoms with Gasteiger partial charge in [-0.1, -0.05) is 64.2 Å². The van der Waals surface area contributed by atoms with Crippen molar-refractivity contribution in [3.05, 3.63) is 47.6 Å². The number of hydrogen-bond acceptors (Lipinski definition) is 14. The lowest BCUT2D eigenvalue weighted by molar-refractivity contribution is -0.265. The molecule has 16 atom stereocenters. The molecule has 374 valence electrons. The van der Waals surface area contributed by atoms with Gasteiger partial charge in [-0.15, -0.1) is 0 Å². The highest BCUT2D eigenvalue weighted by Crippen LogP contribution is 2.37. The maximum absolute atomic E-state index is 14.5. The van der Waals surface area contributed by atoms with E-state index >= 15 is 0 Å². The van der Waals surface area contributed by atoms with Crippen LogP contribution in [0.1, 0.15) is 119 Å². The van der Waals surface area contributed by atoms with Gasteiger partial charge in [0.2, 0.25) is 5.79 Å². The van der Waals surface area contributed by atoms with Gasteiger partial charge in [0, 0.05) is 71.6 Å². The van der Waals surface area contributed by atoms with Gasteiger partial charge in [0.15, 0.2) is 5.78 Å². The largest absolute Gasteiger partial charge is 0.459 e. The predicted octanol–water partition coefficient (Wildman–Crippen LogP) is 5.32. The number of allylic oxidation sites excluding steroid dienone is 5. The van der Waals surface area contributed by atoms with Crippen molar-refractivity contribution in [3.8, 4) is 0 Å². The molecule has 1 aliphatic carbocycles. The molecule has 4 rings (SSSR count). The van der Waals surface area contributed by atoms with Crippen LogP contribution < -0.4 is 5.73 Å². The van der Waals surface area contributed by atoms with E-state index in [9.17, 15) is 34.5 Å². The first-order valence-corrected chi connectivity index (χ1v) is 24.2. The molecule has 0 unspecified atom stereocenters. The Bertz CT molecular complexity index is 1730. The number of esters is 1. The zero-order valence-electron chi connectivity index (χ0n) is 41.3. The second-order valence-electron chi connectivity index (χ2n) is 19.7. The molecular weight excluding hydrogens is 849 g/mol. The van der Waals surface area contributed by atoms with Crippen molar-refractivity contribution >= 4 is 23.4 Å². The van der Waals surface area contributed by atoms with Crippen molar-refractivity contribution in [2.45, 2.75) is 185 Å². The number of nitrogens with two attached hydrogens (primary N) is 1. The van der Waals surface area contributed by atoms with Gasteiger partial charge in [0.25, 0.3) is 11.7 Å². The molecule has 2 bridgehead atoms. The summed E-state index contributed by atoms with van der Waals surface area (Å²) in [5, 5.41) is 34.3. The van der Waals surface area contributed by atoms with E-state index in [2.05, 4.69) is 0 Å². The number of fused-ring (bicyclic) bond motifs is 3. The van der Waals surface area contributed by atoms with Crippen molar-refractivity contribution in [3.63, 3.8) is 0 Å². The molecule has 2 saturated heterocycles.